The van der Waals surface area contributed by atoms with Crippen molar-refractivity contribution >= 4 is 11.6 Å². The van der Waals surface area contributed by atoms with Gasteiger partial charge in [-0.25, -0.2) is 0 Å². The van der Waals surface area contributed by atoms with Gasteiger partial charge in [-0.15, -0.1) is 0 Å². The molecule has 1 amide bonds. The van der Waals surface area contributed by atoms with E-state index in [0.717, 1.165) is 24.2 Å². The van der Waals surface area contributed by atoms with Crippen LogP contribution in [-0.2, 0) is 11.3 Å². The quantitative estimate of drug-likeness (QED) is 0.871. The summed E-state index contributed by atoms with van der Waals surface area (Å²) in [6.45, 7) is 6.28. The molecule has 0 aromatic heterocycles. The highest BCUT2D eigenvalue weighted by atomic mass is 16.2. The molecule has 1 aromatic carbocycles. The van der Waals surface area contributed by atoms with E-state index < -0.39 is 0 Å². The summed E-state index contributed by atoms with van der Waals surface area (Å²) in [6, 6.07) is 7.68. The monoisotopic (exact) mass is 261 g/mol. The minimum absolute atomic E-state index is 0.0378. The summed E-state index contributed by atoms with van der Waals surface area (Å²) in [5.41, 5.74) is 7.60. The normalized spacial score (nSPS) is 18.5. The Bertz CT molecular complexity index is 456. The Morgan fingerprint density at radius 1 is 1.42 bits per heavy atom. The van der Waals surface area contributed by atoms with Crippen LogP contribution in [0.2, 0.25) is 0 Å². The Labute approximate surface area is 115 Å². The maximum absolute atomic E-state index is 12.1. The lowest BCUT2D eigenvalue weighted by molar-refractivity contribution is -0.118. The van der Waals surface area contributed by atoms with Crippen LogP contribution in [0.25, 0.3) is 0 Å². The molecule has 1 heterocycles. The van der Waals surface area contributed by atoms with E-state index in [1.807, 2.05) is 24.3 Å². The molecule has 0 radical (unpaired) electrons. The van der Waals surface area contributed by atoms with Gasteiger partial charge in [0, 0.05) is 17.8 Å². The molecule has 1 aliphatic heterocycles. The predicted octanol–water partition coefficient (Wildman–Crippen LogP) is 1.96. The van der Waals surface area contributed by atoms with Crippen molar-refractivity contribution in [2.24, 2.45) is 5.73 Å². The lowest BCUT2D eigenvalue weighted by atomic mass is 10.0. The Morgan fingerprint density at radius 3 is 2.79 bits per heavy atom. The van der Waals surface area contributed by atoms with Gasteiger partial charge in [0.15, 0.2) is 0 Å². The fourth-order valence-corrected chi connectivity index (χ4v) is 2.64. The highest BCUT2D eigenvalue weighted by Crippen LogP contribution is 2.27. The number of benzene rings is 1. The smallest absolute Gasteiger partial charge is 0.238 e. The Hall–Kier alpha value is -1.39. The van der Waals surface area contributed by atoms with Crippen molar-refractivity contribution in [2.75, 3.05) is 18.4 Å². The van der Waals surface area contributed by atoms with Gasteiger partial charge >= 0.3 is 0 Å². The summed E-state index contributed by atoms with van der Waals surface area (Å²) >= 11 is 0. The van der Waals surface area contributed by atoms with Gasteiger partial charge in [-0.3, -0.25) is 9.69 Å². The molecule has 2 rings (SSSR count). The molecule has 0 aliphatic carbocycles. The van der Waals surface area contributed by atoms with E-state index in [9.17, 15) is 4.79 Å². The van der Waals surface area contributed by atoms with Gasteiger partial charge in [0.1, 0.15) is 0 Å². The van der Waals surface area contributed by atoms with E-state index in [1.165, 1.54) is 6.42 Å². The number of para-hydroxylation sites is 1. The van der Waals surface area contributed by atoms with Crippen molar-refractivity contribution in [1.82, 2.24) is 4.90 Å². The number of nitrogens with two attached hydrogens (primary N) is 1. The zero-order valence-electron chi connectivity index (χ0n) is 11.8. The SMILES string of the molecule is CC1(C)CCCN1CC(=O)Nc1ccccc1CN. The summed E-state index contributed by atoms with van der Waals surface area (Å²) < 4.78 is 0. The van der Waals surface area contributed by atoms with Crippen LogP contribution in [0.3, 0.4) is 0 Å². The lowest BCUT2D eigenvalue weighted by Crippen LogP contribution is -2.43. The van der Waals surface area contributed by atoms with Crippen molar-refractivity contribution in [3.8, 4) is 0 Å². The van der Waals surface area contributed by atoms with E-state index in [1.54, 1.807) is 0 Å². The molecule has 1 saturated heterocycles. The standard InChI is InChI=1S/C15H23N3O/c1-15(2)8-5-9-18(15)11-14(19)17-13-7-4-3-6-12(13)10-16/h3-4,6-7H,5,8-11,16H2,1-2H3,(H,17,19). The van der Waals surface area contributed by atoms with Gasteiger partial charge in [-0.2, -0.15) is 0 Å². The number of rotatable bonds is 4. The van der Waals surface area contributed by atoms with Crippen LogP contribution in [0.4, 0.5) is 5.69 Å². The molecular weight excluding hydrogens is 238 g/mol. The maximum Gasteiger partial charge on any atom is 0.238 e. The van der Waals surface area contributed by atoms with E-state index in [-0.39, 0.29) is 11.4 Å². The number of likely N-dealkylation sites (tertiary alicyclic amines) is 1. The molecule has 0 saturated carbocycles. The molecule has 0 bridgehead atoms. The third kappa shape index (κ3) is 3.33. The van der Waals surface area contributed by atoms with Gasteiger partial charge in [-0.05, 0) is 44.9 Å². The van der Waals surface area contributed by atoms with Crippen molar-refractivity contribution in [3.05, 3.63) is 29.8 Å². The average molecular weight is 261 g/mol. The number of hydrogen-bond acceptors (Lipinski definition) is 3. The van der Waals surface area contributed by atoms with Gasteiger partial charge in [0.05, 0.1) is 6.54 Å². The Balaban J connectivity index is 1.98. The summed E-state index contributed by atoms with van der Waals surface area (Å²) in [7, 11) is 0. The number of amides is 1. The van der Waals surface area contributed by atoms with Crippen molar-refractivity contribution in [2.45, 2.75) is 38.8 Å². The first-order valence-electron chi connectivity index (χ1n) is 6.86. The minimum Gasteiger partial charge on any atom is -0.326 e. The van der Waals surface area contributed by atoms with Gasteiger partial charge < -0.3 is 11.1 Å². The second-order valence-corrected chi connectivity index (χ2v) is 5.75. The van der Waals surface area contributed by atoms with E-state index in [2.05, 4.69) is 24.1 Å². The Morgan fingerprint density at radius 2 is 2.16 bits per heavy atom. The zero-order chi connectivity index (χ0) is 13.9. The van der Waals surface area contributed by atoms with E-state index >= 15 is 0 Å². The molecule has 4 heteroatoms. The Kier molecular flexibility index (Phi) is 4.22. The number of nitrogens with one attached hydrogen (secondary N) is 1. The molecule has 104 valence electrons. The van der Waals surface area contributed by atoms with Gasteiger partial charge in [0.2, 0.25) is 5.91 Å². The molecule has 19 heavy (non-hydrogen) atoms. The average Bonchev–Trinajstić information content (AvgIpc) is 2.69. The topological polar surface area (TPSA) is 58.4 Å². The fraction of sp³-hybridized carbons (Fsp3) is 0.533. The number of nitrogens with zero attached hydrogens (tertiary/aromatic N) is 1. The molecule has 1 aromatic rings. The molecule has 0 spiro atoms. The molecule has 3 N–H and O–H groups in total. The van der Waals surface area contributed by atoms with Crippen LogP contribution in [0.5, 0.6) is 0 Å². The first kappa shape index (κ1) is 14.0. The van der Waals surface area contributed by atoms with E-state index in [0.29, 0.717) is 13.1 Å². The lowest BCUT2D eigenvalue weighted by Gasteiger charge is -2.30. The van der Waals surface area contributed by atoms with Crippen molar-refractivity contribution < 1.29 is 4.79 Å². The predicted molar refractivity (Wildman–Crippen MR) is 77.8 cm³/mol. The fourth-order valence-electron chi connectivity index (χ4n) is 2.64. The van der Waals surface area contributed by atoms with E-state index in [4.69, 9.17) is 5.73 Å². The summed E-state index contributed by atoms with van der Waals surface area (Å²) in [4.78, 5) is 14.4. The minimum atomic E-state index is 0.0378. The molecule has 0 atom stereocenters. The van der Waals surface area contributed by atoms with Crippen LogP contribution in [0, 0.1) is 0 Å². The first-order chi connectivity index (χ1) is 9.03. The van der Waals surface area contributed by atoms with Gasteiger partial charge in [0.25, 0.3) is 0 Å². The highest BCUT2D eigenvalue weighted by molar-refractivity contribution is 5.93. The molecule has 1 aliphatic rings. The third-order valence-electron chi connectivity index (χ3n) is 3.92. The third-order valence-corrected chi connectivity index (χ3v) is 3.92. The molecule has 1 fully saturated rings. The highest BCUT2D eigenvalue weighted by Gasteiger charge is 2.32. The molecular formula is C15H23N3O. The second-order valence-electron chi connectivity index (χ2n) is 5.75. The largest absolute Gasteiger partial charge is 0.326 e. The number of carbonyl (C=O) groups is 1. The maximum atomic E-state index is 12.1. The van der Waals surface area contributed by atoms with Crippen LogP contribution < -0.4 is 11.1 Å². The van der Waals surface area contributed by atoms with Crippen molar-refractivity contribution in [1.29, 1.82) is 0 Å². The zero-order valence-corrected chi connectivity index (χ0v) is 11.8. The summed E-state index contributed by atoms with van der Waals surface area (Å²) in [6.07, 6.45) is 2.32. The van der Waals surface area contributed by atoms with Crippen LogP contribution in [-0.4, -0.2) is 29.4 Å². The molecule has 0 unspecified atom stereocenters. The molecule has 4 nitrogen and oxygen atoms in total. The number of anilines is 1. The first-order valence-corrected chi connectivity index (χ1v) is 6.86. The number of carbonyl (C=O) groups excluding carboxylic acids is 1. The van der Waals surface area contributed by atoms with Gasteiger partial charge in [-0.1, -0.05) is 18.2 Å². The summed E-state index contributed by atoms with van der Waals surface area (Å²) in [5.74, 6) is 0.0378. The van der Waals surface area contributed by atoms with Crippen LogP contribution in [0.1, 0.15) is 32.3 Å². The summed E-state index contributed by atoms with van der Waals surface area (Å²) in [5, 5.41) is 2.97. The van der Waals surface area contributed by atoms with Crippen LogP contribution >= 0.6 is 0 Å². The number of hydrogen-bond donors (Lipinski definition) is 2. The van der Waals surface area contributed by atoms with Crippen molar-refractivity contribution in [3.63, 3.8) is 0 Å². The van der Waals surface area contributed by atoms with Crippen LogP contribution in [0.15, 0.2) is 24.3 Å². The second kappa shape index (κ2) is 5.72.